The predicted molar refractivity (Wildman–Crippen MR) is 82.8 cm³/mol. The Labute approximate surface area is 127 Å². The van der Waals surface area contributed by atoms with Crippen LogP contribution in [0.3, 0.4) is 0 Å². The van der Waals surface area contributed by atoms with Gasteiger partial charge in [-0.25, -0.2) is 19.2 Å². The van der Waals surface area contributed by atoms with Crippen LogP contribution in [0.4, 0.5) is 11.8 Å². The van der Waals surface area contributed by atoms with Crippen molar-refractivity contribution in [2.24, 2.45) is 5.84 Å². The molecule has 112 valence electrons. The van der Waals surface area contributed by atoms with E-state index in [0.717, 1.165) is 5.75 Å². The van der Waals surface area contributed by atoms with Crippen LogP contribution in [0, 0.1) is 0 Å². The summed E-state index contributed by atoms with van der Waals surface area (Å²) >= 11 is 7.72. The first-order valence-electron chi connectivity index (χ1n) is 6.04. The molecule has 2 heterocycles. The normalized spacial score (nSPS) is 19.9. The number of thioether (sulfide) groups is 1. The number of nitrogens with one attached hydrogen (secondary N) is 1. The maximum atomic E-state index is 12.2. The number of nitrogens with zero attached hydrogens (tertiary/aromatic N) is 3. The standard InChI is InChI=1S/C10H16ClN5O2S2/c1-2-20(17,18)8-6-19-4-3-16(8)9-7(11)5-13-10(14-9)15-12/h5,8H,2-4,6,12H2,1H3,(H,13,14,15). The average Bonchev–Trinajstić information content (AvgIpc) is 2.48. The van der Waals surface area contributed by atoms with Crippen LogP contribution in [-0.2, 0) is 9.84 Å². The zero-order valence-corrected chi connectivity index (χ0v) is 13.3. The van der Waals surface area contributed by atoms with Crippen molar-refractivity contribution < 1.29 is 8.42 Å². The fourth-order valence-corrected chi connectivity index (χ4v) is 5.11. The van der Waals surface area contributed by atoms with E-state index in [-0.39, 0.29) is 11.7 Å². The first kappa shape index (κ1) is 15.6. The molecule has 0 bridgehead atoms. The highest BCUT2D eigenvalue weighted by atomic mass is 35.5. The van der Waals surface area contributed by atoms with Gasteiger partial charge in [-0.05, 0) is 0 Å². The molecule has 1 fully saturated rings. The van der Waals surface area contributed by atoms with E-state index < -0.39 is 15.2 Å². The van der Waals surface area contributed by atoms with E-state index in [1.807, 2.05) is 0 Å². The molecule has 3 N–H and O–H groups in total. The van der Waals surface area contributed by atoms with E-state index >= 15 is 0 Å². The highest BCUT2D eigenvalue weighted by Crippen LogP contribution is 2.31. The number of anilines is 2. The Morgan fingerprint density at radius 1 is 1.65 bits per heavy atom. The first-order valence-corrected chi connectivity index (χ1v) is 9.29. The van der Waals surface area contributed by atoms with Crippen LogP contribution >= 0.6 is 23.4 Å². The minimum Gasteiger partial charge on any atom is -0.337 e. The van der Waals surface area contributed by atoms with Crippen molar-refractivity contribution >= 4 is 45.0 Å². The summed E-state index contributed by atoms with van der Waals surface area (Å²) in [6, 6.07) is 0. The molecule has 1 aromatic rings. The lowest BCUT2D eigenvalue weighted by molar-refractivity contribution is 0.579. The zero-order chi connectivity index (χ0) is 14.8. The molecule has 0 aliphatic carbocycles. The van der Waals surface area contributed by atoms with Crippen molar-refractivity contribution in [2.75, 3.05) is 34.1 Å². The topological polar surface area (TPSA) is 101 Å². The monoisotopic (exact) mass is 337 g/mol. The Hall–Kier alpha value is -0.770. The molecule has 1 atom stereocenters. The SMILES string of the molecule is CCS(=O)(=O)C1CSCCN1c1nc(NN)ncc1Cl. The van der Waals surface area contributed by atoms with Gasteiger partial charge in [-0.2, -0.15) is 16.7 Å². The van der Waals surface area contributed by atoms with E-state index in [0.29, 0.717) is 23.1 Å². The quantitative estimate of drug-likeness (QED) is 0.612. The van der Waals surface area contributed by atoms with Crippen LogP contribution in [0.15, 0.2) is 6.20 Å². The number of aromatic nitrogens is 2. The van der Waals surface area contributed by atoms with Gasteiger partial charge in [0.15, 0.2) is 15.7 Å². The average molecular weight is 338 g/mol. The second-order valence-corrected chi connectivity index (χ2v) is 8.19. The largest absolute Gasteiger partial charge is 0.337 e. The molecule has 1 aliphatic heterocycles. The van der Waals surface area contributed by atoms with Crippen molar-refractivity contribution in [1.29, 1.82) is 0 Å². The van der Waals surface area contributed by atoms with Gasteiger partial charge < -0.3 is 4.90 Å². The Balaban J connectivity index is 2.42. The Morgan fingerprint density at radius 2 is 2.40 bits per heavy atom. The molecule has 7 nitrogen and oxygen atoms in total. The molecule has 0 spiro atoms. The first-order chi connectivity index (χ1) is 9.49. The molecule has 1 aliphatic rings. The molecule has 0 radical (unpaired) electrons. The molecule has 0 saturated carbocycles. The molecule has 2 rings (SSSR count). The summed E-state index contributed by atoms with van der Waals surface area (Å²) in [5.41, 5.74) is 2.34. The summed E-state index contributed by atoms with van der Waals surface area (Å²) in [5.74, 6) is 7.30. The van der Waals surface area contributed by atoms with Crippen molar-refractivity contribution in [1.82, 2.24) is 9.97 Å². The fourth-order valence-electron chi connectivity index (χ4n) is 1.94. The Bertz CT molecular complexity index is 583. The van der Waals surface area contributed by atoms with Crippen molar-refractivity contribution in [2.45, 2.75) is 12.3 Å². The molecular formula is C10H16ClN5O2S2. The van der Waals surface area contributed by atoms with Gasteiger partial charge in [0.25, 0.3) is 0 Å². The third-order valence-electron chi connectivity index (χ3n) is 3.03. The minimum atomic E-state index is -3.22. The van der Waals surface area contributed by atoms with E-state index in [2.05, 4.69) is 15.4 Å². The van der Waals surface area contributed by atoms with Crippen molar-refractivity contribution in [3.8, 4) is 0 Å². The number of nitrogens with two attached hydrogens (primary N) is 1. The van der Waals surface area contributed by atoms with E-state index in [1.165, 1.54) is 6.20 Å². The molecule has 1 aromatic heterocycles. The third kappa shape index (κ3) is 3.11. The fraction of sp³-hybridized carbons (Fsp3) is 0.600. The highest BCUT2D eigenvalue weighted by Gasteiger charge is 2.34. The lowest BCUT2D eigenvalue weighted by atomic mass is 10.4. The molecule has 0 aromatic carbocycles. The highest BCUT2D eigenvalue weighted by molar-refractivity contribution is 8.01. The van der Waals surface area contributed by atoms with Gasteiger partial charge in [-0.15, -0.1) is 0 Å². The van der Waals surface area contributed by atoms with Crippen LogP contribution in [0.2, 0.25) is 5.02 Å². The molecule has 20 heavy (non-hydrogen) atoms. The maximum absolute atomic E-state index is 12.2. The minimum absolute atomic E-state index is 0.0828. The van der Waals surface area contributed by atoms with Crippen LogP contribution in [-0.4, -0.2) is 47.6 Å². The summed E-state index contributed by atoms with van der Waals surface area (Å²) in [6.45, 7) is 2.20. The van der Waals surface area contributed by atoms with Crippen molar-refractivity contribution in [3.05, 3.63) is 11.2 Å². The van der Waals surface area contributed by atoms with Crippen LogP contribution in [0.1, 0.15) is 6.92 Å². The number of hydrazine groups is 1. The smallest absolute Gasteiger partial charge is 0.239 e. The summed E-state index contributed by atoms with van der Waals surface area (Å²) < 4.78 is 24.4. The lowest BCUT2D eigenvalue weighted by Gasteiger charge is -2.35. The second kappa shape index (κ2) is 6.33. The lowest BCUT2D eigenvalue weighted by Crippen LogP contribution is -2.48. The van der Waals surface area contributed by atoms with Gasteiger partial charge in [-0.3, -0.25) is 5.43 Å². The van der Waals surface area contributed by atoms with E-state index in [9.17, 15) is 8.42 Å². The van der Waals surface area contributed by atoms with Crippen LogP contribution in [0.25, 0.3) is 0 Å². The Kier molecular flexibility index (Phi) is 4.95. The summed E-state index contributed by atoms with van der Waals surface area (Å²) in [7, 11) is -3.22. The molecule has 1 unspecified atom stereocenters. The zero-order valence-electron chi connectivity index (χ0n) is 10.9. The van der Waals surface area contributed by atoms with Crippen molar-refractivity contribution in [3.63, 3.8) is 0 Å². The van der Waals surface area contributed by atoms with Gasteiger partial charge in [-0.1, -0.05) is 18.5 Å². The van der Waals surface area contributed by atoms with Gasteiger partial charge in [0.1, 0.15) is 10.4 Å². The van der Waals surface area contributed by atoms with Gasteiger partial charge in [0.05, 0.1) is 6.20 Å². The van der Waals surface area contributed by atoms with E-state index in [1.54, 1.807) is 23.6 Å². The molecular weight excluding hydrogens is 322 g/mol. The number of rotatable bonds is 4. The van der Waals surface area contributed by atoms with Crippen LogP contribution < -0.4 is 16.2 Å². The Morgan fingerprint density at radius 3 is 3.05 bits per heavy atom. The molecule has 0 amide bonds. The predicted octanol–water partition coefficient (Wildman–Crippen LogP) is 0.730. The molecule has 10 heteroatoms. The van der Waals surface area contributed by atoms with Gasteiger partial charge in [0.2, 0.25) is 5.95 Å². The van der Waals surface area contributed by atoms with Gasteiger partial charge >= 0.3 is 0 Å². The number of sulfone groups is 1. The summed E-state index contributed by atoms with van der Waals surface area (Å²) in [4.78, 5) is 9.81. The maximum Gasteiger partial charge on any atom is 0.239 e. The summed E-state index contributed by atoms with van der Waals surface area (Å²) in [6.07, 6.45) is 1.41. The third-order valence-corrected chi connectivity index (χ3v) is 6.58. The number of nitrogen functional groups attached to an aromatic ring is 1. The van der Waals surface area contributed by atoms with Crippen LogP contribution in [0.5, 0.6) is 0 Å². The second-order valence-electron chi connectivity index (χ2n) is 4.18. The van der Waals surface area contributed by atoms with Gasteiger partial charge in [0, 0.05) is 23.8 Å². The summed E-state index contributed by atoms with van der Waals surface area (Å²) in [5, 5.41) is -0.309. The van der Waals surface area contributed by atoms with E-state index in [4.69, 9.17) is 17.4 Å². The number of halogens is 1. The number of hydrogen-bond donors (Lipinski definition) is 2. The molecule has 1 saturated heterocycles. The number of hydrogen-bond acceptors (Lipinski definition) is 8.